The zero-order chi connectivity index (χ0) is 21.2. The summed E-state index contributed by atoms with van der Waals surface area (Å²) < 4.78 is 10.1. The molecule has 0 aromatic heterocycles. The first-order chi connectivity index (χ1) is 13.0. The number of hydrogen-bond donors (Lipinski definition) is 1. The van der Waals surface area contributed by atoms with Gasteiger partial charge in [0.1, 0.15) is 17.4 Å². The van der Waals surface area contributed by atoms with Crippen LogP contribution in [0.2, 0.25) is 0 Å². The molecule has 1 heterocycles. The summed E-state index contributed by atoms with van der Waals surface area (Å²) in [7, 11) is 2.66. The van der Waals surface area contributed by atoms with Crippen molar-refractivity contribution in [3.63, 3.8) is 0 Å². The molecule has 0 saturated carbocycles. The van der Waals surface area contributed by atoms with Crippen molar-refractivity contribution >= 4 is 23.7 Å². The number of fused-ring (bicyclic) bond motifs is 1. The third-order valence-electron chi connectivity index (χ3n) is 4.71. The van der Waals surface area contributed by atoms with Crippen LogP contribution < -0.4 is 4.90 Å². The van der Waals surface area contributed by atoms with Crippen molar-refractivity contribution in [1.82, 2.24) is 4.90 Å². The van der Waals surface area contributed by atoms with Crippen LogP contribution in [0.25, 0.3) is 0 Å². The van der Waals surface area contributed by atoms with Gasteiger partial charge in [-0.3, -0.25) is 14.5 Å². The molecule has 0 bridgehead atoms. The van der Waals surface area contributed by atoms with E-state index in [9.17, 15) is 19.5 Å². The Morgan fingerprint density at radius 2 is 1.93 bits per heavy atom. The van der Waals surface area contributed by atoms with Crippen LogP contribution in [0.15, 0.2) is 12.1 Å². The number of methoxy groups -OCH3 is 1. The van der Waals surface area contributed by atoms with Crippen LogP contribution in [0, 0.1) is 6.92 Å². The van der Waals surface area contributed by atoms with Crippen molar-refractivity contribution in [2.75, 3.05) is 25.6 Å². The van der Waals surface area contributed by atoms with Crippen molar-refractivity contribution < 1.29 is 29.0 Å². The lowest BCUT2D eigenvalue weighted by Gasteiger charge is -2.32. The number of amides is 2. The molecule has 0 spiro atoms. The average Bonchev–Trinajstić information content (AvgIpc) is 3.04. The molecule has 1 aliphatic rings. The summed E-state index contributed by atoms with van der Waals surface area (Å²) in [5, 5.41) is 9.90. The predicted molar refractivity (Wildman–Crippen MR) is 103 cm³/mol. The fourth-order valence-corrected chi connectivity index (χ4v) is 3.14. The summed E-state index contributed by atoms with van der Waals surface area (Å²) in [6.07, 6.45) is -0.396. The Hall–Kier alpha value is -2.77. The molecule has 0 saturated heterocycles. The molecule has 28 heavy (non-hydrogen) atoms. The second kappa shape index (κ2) is 8.08. The van der Waals surface area contributed by atoms with Crippen molar-refractivity contribution in [1.29, 1.82) is 0 Å². The number of carbonyl (C=O) groups excluding carboxylic acids is 3. The number of aromatic hydroxyl groups is 1. The van der Waals surface area contributed by atoms with E-state index in [0.717, 1.165) is 16.0 Å². The molecule has 154 valence electrons. The summed E-state index contributed by atoms with van der Waals surface area (Å²) in [6.45, 7) is 7.37. The maximum Gasteiger partial charge on any atom is 0.410 e. The van der Waals surface area contributed by atoms with Gasteiger partial charge in [0.2, 0.25) is 0 Å². The standard InChI is InChI=1S/C20H28N2O6/c1-12-13-9-10-22(14(13)7-8-16(12)23)18(25)15(11-17(24)27-6)21(5)19(26)28-20(2,3)4/h7-8,15,23H,9-11H2,1-6H3/t15-/m1/s1. The topological polar surface area (TPSA) is 96.4 Å². The van der Waals surface area contributed by atoms with Gasteiger partial charge in [-0.2, -0.15) is 0 Å². The molecule has 0 unspecified atom stereocenters. The van der Waals surface area contributed by atoms with E-state index in [0.29, 0.717) is 18.7 Å². The minimum Gasteiger partial charge on any atom is -0.508 e. The maximum absolute atomic E-state index is 13.3. The summed E-state index contributed by atoms with van der Waals surface area (Å²) in [5.41, 5.74) is 1.54. The molecule has 2 amide bonds. The third kappa shape index (κ3) is 4.55. The Morgan fingerprint density at radius 3 is 2.50 bits per heavy atom. The molecule has 0 fully saturated rings. The van der Waals surface area contributed by atoms with Gasteiger partial charge in [-0.05, 0) is 57.4 Å². The highest BCUT2D eigenvalue weighted by Crippen LogP contribution is 2.35. The summed E-state index contributed by atoms with van der Waals surface area (Å²) in [6, 6.07) is 2.14. The first-order valence-electron chi connectivity index (χ1n) is 9.11. The summed E-state index contributed by atoms with van der Waals surface area (Å²) in [5.74, 6) is -0.831. The molecule has 0 aliphatic carbocycles. The number of carbonyl (C=O) groups is 3. The lowest BCUT2D eigenvalue weighted by molar-refractivity contribution is -0.144. The van der Waals surface area contributed by atoms with E-state index < -0.39 is 29.6 Å². The molecule has 1 atom stereocenters. The van der Waals surface area contributed by atoms with Gasteiger partial charge < -0.3 is 19.5 Å². The van der Waals surface area contributed by atoms with E-state index in [1.54, 1.807) is 33.8 Å². The lowest BCUT2D eigenvalue weighted by Crippen LogP contribution is -2.51. The van der Waals surface area contributed by atoms with Crippen LogP contribution in [0.3, 0.4) is 0 Å². The summed E-state index contributed by atoms with van der Waals surface area (Å²) in [4.78, 5) is 40.3. The van der Waals surface area contributed by atoms with Gasteiger partial charge in [0.15, 0.2) is 0 Å². The quantitative estimate of drug-likeness (QED) is 0.791. The number of phenolic OH excluding ortho intramolecular Hbond substituents is 1. The highest BCUT2D eigenvalue weighted by atomic mass is 16.6. The number of rotatable bonds is 4. The fourth-order valence-electron chi connectivity index (χ4n) is 3.14. The fraction of sp³-hybridized carbons (Fsp3) is 0.550. The molecule has 1 aromatic carbocycles. The van der Waals surface area contributed by atoms with Crippen LogP contribution in [0.5, 0.6) is 5.75 Å². The van der Waals surface area contributed by atoms with Gasteiger partial charge in [0.25, 0.3) is 5.91 Å². The van der Waals surface area contributed by atoms with Crippen molar-refractivity contribution in [2.45, 2.75) is 52.2 Å². The Balaban J connectivity index is 2.32. The number of likely N-dealkylation sites (N-methyl/N-ethyl adjacent to an activating group) is 1. The van der Waals surface area contributed by atoms with E-state index in [1.807, 2.05) is 0 Å². The van der Waals surface area contributed by atoms with Gasteiger partial charge in [-0.15, -0.1) is 0 Å². The normalized spacial score (nSPS) is 14.3. The van der Waals surface area contributed by atoms with E-state index in [2.05, 4.69) is 0 Å². The molecule has 1 N–H and O–H groups in total. The predicted octanol–water partition coefficient (Wildman–Crippen LogP) is 2.39. The molecular weight excluding hydrogens is 364 g/mol. The first-order valence-corrected chi connectivity index (χ1v) is 9.11. The molecule has 1 aromatic rings. The van der Waals surface area contributed by atoms with E-state index in [-0.39, 0.29) is 12.2 Å². The van der Waals surface area contributed by atoms with Gasteiger partial charge in [0, 0.05) is 19.3 Å². The zero-order valence-electron chi connectivity index (χ0n) is 17.2. The average molecular weight is 392 g/mol. The van der Waals surface area contributed by atoms with Crippen molar-refractivity contribution in [3.05, 3.63) is 23.3 Å². The minimum atomic E-state index is -1.07. The highest BCUT2D eigenvalue weighted by molar-refractivity contribution is 6.02. The second-order valence-corrected chi connectivity index (χ2v) is 7.83. The van der Waals surface area contributed by atoms with Gasteiger partial charge in [-0.25, -0.2) is 4.79 Å². The maximum atomic E-state index is 13.3. The van der Waals surface area contributed by atoms with Crippen molar-refractivity contribution in [3.8, 4) is 5.75 Å². The number of nitrogens with zero attached hydrogens (tertiary/aromatic N) is 2. The molecule has 8 heteroatoms. The van der Waals surface area contributed by atoms with Crippen LogP contribution in [-0.4, -0.2) is 60.3 Å². The minimum absolute atomic E-state index is 0.171. The number of ether oxygens (including phenoxy) is 2. The number of anilines is 1. The molecule has 8 nitrogen and oxygen atoms in total. The molecule has 1 aliphatic heterocycles. The Labute approximate surface area is 165 Å². The second-order valence-electron chi connectivity index (χ2n) is 7.83. The number of phenols is 1. The largest absolute Gasteiger partial charge is 0.508 e. The highest BCUT2D eigenvalue weighted by Gasteiger charge is 2.38. The van der Waals surface area contributed by atoms with Gasteiger partial charge >= 0.3 is 12.1 Å². The first kappa shape index (κ1) is 21.5. The monoisotopic (exact) mass is 392 g/mol. The van der Waals surface area contributed by atoms with Crippen LogP contribution >= 0.6 is 0 Å². The molecule has 2 rings (SSSR count). The third-order valence-corrected chi connectivity index (χ3v) is 4.71. The Morgan fingerprint density at radius 1 is 1.29 bits per heavy atom. The summed E-state index contributed by atoms with van der Waals surface area (Å²) >= 11 is 0. The van der Waals surface area contributed by atoms with Crippen LogP contribution in [-0.2, 0) is 25.5 Å². The number of hydrogen-bond acceptors (Lipinski definition) is 6. The van der Waals surface area contributed by atoms with E-state index in [4.69, 9.17) is 9.47 Å². The van der Waals surface area contributed by atoms with E-state index in [1.165, 1.54) is 25.1 Å². The van der Waals surface area contributed by atoms with Crippen molar-refractivity contribution in [2.24, 2.45) is 0 Å². The van der Waals surface area contributed by atoms with Gasteiger partial charge in [0.05, 0.1) is 13.5 Å². The van der Waals surface area contributed by atoms with Gasteiger partial charge in [-0.1, -0.05) is 0 Å². The smallest absolute Gasteiger partial charge is 0.410 e. The molecular formula is C20H28N2O6. The SMILES string of the molecule is COC(=O)C[C@H](C(=O)N1CCc2c1ccc(O)c2C)N(C)C(=O)OC(C)(C)C. The number of benzene rings is 1. The van der Waals surface area contributed by atoms with E-state index >= 15 is 0 Å². The zero-order valence-corrected chi connectivity index (χ0v) is 17.2. The van der Waals surface area contributed by atoms with Crippen LogP contribution in [0.4, 0.5) is 10.5 Å². The number of esters is 1. The Kier molecular flexibility index (Phi) is 6.21. The lowest BCUT2D eigenvalue weighted by atomic mass is 10.1. The molecule has 0 radical (unpaired) electrons. The van der Waals surface area contributed by atoms with Crippen LogP contribution in [0.1, 0.15) is 38.3 Å². The Bertz CT molecular complexity index is 784.